The van der Waals surface area contributed by atoms with E-state index in [1.165, 1.54) is 23.0 Å². The van der Waals surface area contributed by atoms with Crippen LogP contribution in [-0.2, 0) is 17.8 Å². The van der Waals surface area contributed by atoms with Gasteiger partial charge < -0.3 is 5.32 Å². The zero-order valence-corrected chi connectivity index (χ0v) is 14.8. The Kier molecular flexibility index (Phi) is 5.64. The molecule has 0 fully saturated rings. The number of carbonyl (C=O) groups is 1. The van der Waals surface area contributed by atoms with Crippen LogP contribution in [-0.4, -0.2) is 22.0 Å². The molecule has 0 aliphatic heterocycles. The minimum atomic E-state index is -0.146. The van der Waals surface area contributed by atoms with Crippen LogP contribution in [0.25, 0.3) is 10.9 Å². The molecule has 5 nitrogen and oxygen atoms in total. The number of hydrogen-bond donors (Lipinski definition) is 1. The summed E-state index contributed by atoms with van der Waals surface area (Å²) >= 11 is 0. The molecule has 0 spiro atoms. The number of amides is 1. The maximum absolute atomic E-state index is 12.7. The van der Waals surface area contributed by atoms with Crippen molar-refractivity contribution in [3.8, 4) is 0 Å². The maximum atomic E-state index is 12.7. The van der Waals surface area contributed by atoms with Crippen LogP contribution in [0.5, 0.6) is 0 Å². The fraction of sp³-hybridized carbons (Fsp3) is 0.450. The van der Waals surface area contributed by atoms with Crippen molar-refractivity contribution in [1.29, 1.82) is 0 Å². The molecule has 0 saturated carbocycles. The lowest BCUT2D eigenvalue weighted by molar-refractivity contribution is -0.121. The van der Waals surface area contributed by atoms with E-state index in [0.29, 0.717) is 29.7 Å². The van der Waals surface area contributed by atoms with Crippen LogP contribution < -0.4 is 10.9 Å². The van der Waals surface area contributed by atoms with E-state index in [4.69, 9.17) is 0 Å². The van der Waals surface area contributed by atoms with E-state index in [9.17, 15) is 9.59 Å². The third-order valence-corrected chi connectivity index (χ3v) is 4.71. The van der Waals surface area contributed by atoms with Crippen LogP contribution in [0.4, 0.5) is 0 Å². The quantitative estimate of drug-likeness (QED) is 0.823. The Labute approximate surface area is 147 Å². The van der Waals surface area contributed by atoms with Crippen molar-refractivity contribution in [2.24, 2.45) is 0 Å². The molecule has 1 aromatic carbocycles. The summed E-state index contributed by atoms with van der Waals surface area (Å²) in [6.07, 6.45) is 8.62. The van der Waals surface area contributed by atoms with Gasteiger partial charge in [0.1, 0.15) is 12.4 Å². The molecule has 1 aromatic heterocycles. The summed E-state index contributed by atoms with van der Waals surface area (Å²) < 4.78 is 1.50. The Bertz CT molecular complexity index is 852. The Balaban J connectivity index is 1.69. The highest BCUT2D eigenvalue weighted by Crippen LogP contribution is 2.19. The molecule has 1 heterocycles. The van der Waals surface area contributed by atoms with Gasteiger partial charge in [-0.3, -0.25) is 14.2 Å². The predicted molar refractivity (Wildman–Crippen MR) is 99.6 cm³/mol. The molecule has 1 amide bonds. The van der Waals surface area contributed by atoms with E-state index in [1.54, 1.807) is 6.07 Å². The highest BCUT2D eigenvalue weighted by molar-refractivity contribution is 5.79. The summed E-state index contributed by atoms with van der Waals surface area (Å²) in [5.74, 6) is 0.513. The van der Waals surface area contributed by atoms with Crippen molar-refractivity contribution in [3.05, 3.63) is 52.1 Å². The molecule has 1 aliphatic rings. The molecule has 0 saturated heterocycles. The van der Waals surface area contributed by atoms with Crippen LogP contribution in [0.3, 0.4) is 0 Å². The van der Waals surface area contributed by atoms with E-state index in [1.807, 2.05) is 25.1 Å². The summed E-state index contributed by atoms with van der Waals surface area (Å²) in [5, 5.41) is 3.49. The fourth-order valence-electron chi connectivity index (χ4n) is 3.34. The van der Waals surface area contributed by atoms with E-state index in [-0.39, 0.29) is 18.0 Å². The molecule has 1 aliphatic carbocycles. The molecule has 1 N–H and O–H groups in total. The van der Waals surface area contributed by atoms with Gasteiger partial charge in [0.05, 0.1) is 10.9 Å². The molecule has 3 rings (SSSR count). The molecule has 132 valence electrons. The minimum absolute atomic E-state index is 0.0267. The van der Waals surface area contributed by atoms with E-state index >= 15 is 0 Å². The van der Waals surface area contributed by atoms with Crippen molar-refractivity contribution in [1.82, 2.24) is 14.9 Å². The molecule has 5 heteroatoms. The number of nitrogens with zero attached hydrogens (tertiary/aromatic N) is 2. The molecule has 0 unspecified atom stereocenters. The standard InChI is InChI=1S/C20H25N3O2/c1-2-18-22-17-11-7-6-10-16(17)20(25)23(18)14-19(24)21-13-12-15-8-4-3-5-9-15/h6-8,10-11H,2-5,9,12-14H2,1H3,(H,21,24). The highest BCUT2D eigenvalue weighted by Gasteiger charge is 2.13. The third kappa shape index (κ3) is 4.16. The number of hydrogen-bond acceptors (Lipinski definition) is 3. The average molecular weight is 339 g/mol. The number of aromatic nitrogens is 2. The zero-order valence-electron chi connectivity index (χ0n) is 14.8. The Morgan fingerprint density at radius 3 is 2.88 bits per heavy atom. The second kappa shape index (κ2) is 8.10. The van der Waals surface area contributed by atoms with Gasteiger partial charge in [0, 0.05) is 13.0 Å². The number of nitrogens with one attached hydrogen (secondary N) is 1. The summed E-state index contributed by atoms with van der Waals surface area (Å²) in [5.41, 5.74) is 1.98. The Morgan fingerprint density at radius 1 is 1.28 bits per heavy atom. The van der Waals surface area contributed by atoms with Gasteiger partial charge in [0.2, 0.25) is 5.91 Å². The van der Waals surface area contributed by atoms with Crippen molar-refractivity contribution >= 4 is 16.8 Å². The van der Waals surface area contributed by atoms with E-state index in [2.05, 4.69) is 16.4 Å². The van der Waals surface area contributed by atoms with Gasteiger partial charge in [-0.1, -0.05) is 30.7 Å². The maximum Gasteiger partial charge on any atom is 0.261 e. The number of aryl methyl sites for hydroxylation is 1. The molecular weight excluding hydrogens is 314 g/mol. The number of carbonyl (C=O) groups excluding carboxylic acids is 1. The number of allylic oxidation sites excluding steroid dienone is 1. The van der Waals surface area contributed by atoms with Crippen LogP contribution in [0, 0.1) is 0 Å². The van der Waals surface area contributed by atoms with Crippen molar-refractivity contribution in [2.45, 2.75) is 52.0 Å². The molecule has 0 bridgehead atoms. The number of fused-ring (bicyclic) bond motifs is 1. The Morgan fingerprint density at radius 2 is 2.12 bits per heavy atom. The topological polar surface area (TPSA) is 64.0 Å². The van der Waals surface area contributed by atoms with Crippen molar-refractivity contribution in [3.63, 3.8) is 0 Å². The monoisotopic (exact) mass is 339 g/mol. The van der Waals surface area contributed by atoms with Crippen LogP contribution in [0.15, 0.2) is 40.7 Å². The molecule has 2 aromatic rings. The Hall–Kier alpha value is -2.43. The normalized spacial score (nSPS) is 14.4. The first kappa shape index (κ1) is 17.4. The van der Waals surface area contributed by atoms with Gasteiger partial charge in [-0.15, -0.1) is 0 Å². The lowest BCUT2D eigenvalue weighted by Gasteiger charge is -2.14. The average Bonchev–Trinajstić information content (AvgIpc) is 2.65. The second-order valence-corrected chi connectivity index (χ2v) is 6.50. The van der Waals surface area contributed by atoms with E-state index < -0.39 is 0 Å². The van der Waals surface area contributed by atoms with Gasteiger partial charge in [0.25, 0.3) is 5.56 Å². The molecular formula is C20H25N3O2. The van der Waals surface area contributed by atoms with Crippen LogP contribution >= 0.6 is 0 Å². The fourth-order valence-corrected chi connectivity index (χ4v) is 3.34. The van der Waals surface area contributed by atoms with Crippen LogP contribution in [0.2, 0.25) is 0 Å². The third-order valence-electron chi connectivity index (χ3n) is 4.71. The first-order chi connectivity index (χ1) is 12.2. The van der Waals surface area contributed by atoms with Crippen molar-refractivity contribution < 1.29 is 4.79 Å². The molecule has 0 atom stereocenters. The van der Waals surface area contributed by atoms with Crippen molar-refractivity contribution in [2.75, 3.05) is 6.54 Å². The summed E-state index contributed by atoms with van der Waals surface area (Å²) in [6, 6.07) is 7.27. The first-order valence-electron chi connectivity index (χ1n) is 9.12. The van der Waals surface area contributed by atoms with Gasteiger partial charge in [-0.05, 0) is 44.2 Å². The predicted octanol–water partition coefficient (Wildman–Crippen LogP) is 2.97. The lowest BCUT2D eigenvalue weighted by Crippen LogP contribution is -2.35. The lowest BCUT2D eigenvalue weighted by atomic mass is 9.97. The van der Waals surface area contributed by atoms with Crippen LogP contribution in [0.1, 0.15) is 44.9 Å². The van der Waals surface area contributed by atoms with E-state index in [0.717, 1.165) is 19.3 Å². The SMILES string of the molecule is CCc1nc2ccccc2c(=O)n1CC(=O)NCCC1=CCCCC1. The summed E-state index contributed by atoms with van der Waals surface area (Å²) in [6.45, 7) is 2.60. The number of benzene rings is 1. The first-order valence-corrected chi connectivity index (χ1v) is 9.12. The second-order valence-electron chi connectivity index (χ2n) is 6.50. The van der Waals surface area contributed by atoms with Gasteiger partial charge in [-0.25, -0.2) is 4.98 Å². The molecule has 25 heavy (non-hydrogen) atoms. The number of para-hydroxylation sites is 1. The van der Waals surface area contributed by atoms with Gasteiger partial charge in [-0.2, -0.15) is 0 Å². The smallest absolute Gasteiger partial charge is 0.261 e. The van der Waals surface area contributed by atoms with Gasteiger partial charge >= 0.3 is 0 Å². The summed E-state index contributed by atoms with van der Waals surface area (Å²) in [7, 11) is 0. The zero-order chi connectivity index (χ0) is 17.6. The summed E-state index contributed by atoms with van der Waals surface area (Å²) in [4.78, 5) is 29.5. The molecule has 0 radical (unpaired) electrons. The van der Waals surface area contributed by atoms with Gasteiger partial charge in [0.15, 0.2) is 0 Å². The largest absolute Gasteiger partial charge is 0.354 e. The number of rotatable bonds is 6. The minimum Gasteiger partial charge on any atom is -0.354 e. The highest BCUT2D eigenvalue weighted by atomic mass is 16.2.